The number of nitrogens with zero attached hydrogens (tertiary/aromatic N) is 2. The Morgan fingerprint density at radius 1 is 1.15 bits per heavy atom. The van der Waals surface area contributed by atoms with Gasteiger partial charge in [-0.25, -0.2) is 4.79 Å². The maximum absolute atomic E-state index is 12.4. The summed E-state index contributed by atoms with van der Waals surface area (Å²) >= 11 is 0. The highest BCUT2D eigenvalue weighted by Crippen LogP contribution is 2.39. The quantitative estimate of drug-likeness (QED) is 0.843. The zero-order valence-corrected chi connectivity index (χ0v) is 14.9. The smallest absolute Gasteiger partial charge is 0.312 e. The van der Waals surface area contributed by atoms with Crippen LogP contribution in [0.25, 0.3) is 0 Å². The highest BCUT2D eigenvalue weighted by Gasteiger charge is 2.42. The Kier molecular flexibility index (Phi) is 5.44. The summed E-state index contributed by atoms with van der Waals surface area (Å²) in [7, 11) is 0. The van der Waals surface area contributed by atoms with Crippen molar-refractivity contribution in [2.45, 2.75) is 32.2 Å². The first-order valence-electron chi connectivity index (χ1n) is 9.10. The van der Waals surface area contributed by atoms with Crippen molar-refractivity contribution in [2.24, 2.45) is 11.1 Å². The second-order valence-electron chi connectivity index (χ2n) is 7.37. The number of likely N-dealkylation sites (tertiary alicyclic amines) is 2. The molecule has 0 aromatic heterocycles. The lowest BCUT2D eigenvalue weighted by Gasteiger charge is -2.48. The summed E-state index contributed by atoms with van der Waals surface area (Å²) in [5.74, 6) is 0.0627. The van der Waals surface area contributed by atoms with Crippen molar-refractivity contribution >= 4 is 17.8 Å². The minimum Gasteiger partial charge on any atom is -0.352 e. The molecule has 0 bridgehead atoms. The van der Waals surface area contributed by atoms with Crippen LogP contribution in [0.2, 0.25) is 0 Å². The Hall–Kier alpha value is -2.57. The molecule has 7 nitrogen and oxygen atoms in total. The molecule has 140 valence electrons. The third kappa shape index (κ3) is 4.33. The molecule has 1 atom stereocenters. The van der Waals surface area contributed by atoms with Crippen LogP contribution in [0.5, 0.6) is 0 Å². The van der Waals surface area contributed by atoms with E-state index in [0.717, 1.165) is 24.8 Å². The average molecular weight is 358 g/mol. The molecule has 2 aliphatic rings. The van der Waals surface area contributed by atoms with Crippen molar-refractivity contribution < 1.29 is 14.4 Å². The highest BCUT2D eigenvalue weighted by molar-refractivity contribution is 5.83. The first kappa shape index (κ1) is 18.2. The third-order valence-electron chi connectivity index (χ3n) is 5.39. The monoisotopic (exact) mass is 358 g/mol. The van der Waals surface area contributed by atoms with Gasteiger partial charge in [0.15, 0.2) is 0 Å². The number of benzene rings is 1. The first-order chi connectivity index (χ1) is 12.5. The molecule has 2 saturated heterocycles. The highest BCUT2D eigenvalue weighted by atomic mass is 16.2. The lowest BCUT2D eigenvalue weighted by molar-refractivity contribution is -0.143. The minimum atomic E-state index is -0.692. The summed E-state index contributed by atoms with van der Waals surface area (Å²) in [6.07, 6.45) is 3.26. The van der Waals surface area contributed by atoms with Crippen LogP contribution < -0.4 is 11.1 Å². The molecule has 1 aromatic carbocycles. The normalized spacial score (nSPS) is 23.2. The molecular weight excluding hydrogens is 332 g/mol. The molecule has 4 amide bonds. The molecule has 0 unspecified atom stereocenters. The Morgan fingerprint density at radius 2 is 1.92 bits per heavy atom. The molecule has 1 aromatic rings. The molecule has 2 heterocycles. The predicted octanol–water partition coefficient (Wildman–Crippen LogP) is 1.09. The van der Waals surface area contributed by atoms with Gasteiger partial charge in [0.1, 0.15) is 0 Å². The summed E-state index contributed by atoms with van der Waals surface area (Å²) in [5.41, 5.74) is 6.11. The van der Waals surface area contributed by atoms with Crippen molar-refractivity contribution in [3.8, 4) is 0 Å². The fourth-order valence-corrected chi connectivity index (χ4v) is 4.08. The zero-order chi connectivity index (χ0) is 18.6. The van der Waals surface area contributed by atoms with E-state index in [1.165, 1.54) is 0 Å². The fraction of sp³-hybridized carbons (Fsp3) is 0.526. The lowest BCUT2D eigenvalue weighted by Crippen LogP contribution is -2.56. The van der Waals surface area contributed by atoms with E-state index in [0.29, 0.717) is 32.6 Å². The van der Waals surface area contributed by atoms with Crippen LogP contribution in [-0.4, -0.2) is 53.8 Å². The van der Waals surface area contributed by atoms with Gasteiger partial charge >= 0.3 is 6.03 Å². The number of nitrogens with one attached hydrogen (secondary N) is 1. The van der Waals surface area contributed by atoms with Crippen molar-refractivity contribution in [3.63, 3.8) is 0 Å². The lowest BCUT2D eigenvalue weighted by atomic mass is 9.73. The van der Waals surface area contributed by atoms with E-state index in [2.05, 4.69) is 5.32 Å². The van der Waals surface area contributed by atoms with Crippen molar-refractivity contribution in [3.05, 3.63) is 35.9 Å². The average Bonchev–Trinajstić information content (AvgIpc) is 2.64. The SMILES string of the molecule is NC(=O)NCC(=O)N1CCC[C@]2(CCC(=O)N(Cc3ccccc3)C2)C1. The summed E-state index contributed by atoms with van der Waals surface area (Å²) in [4.78, 5) is 39.3. The van der Waals surface area contributed by atoms with Crippen LogP contribution in [0.1, 0.15) is 31.2 Å². The van der Waals surface area contributed by atoms with Crippen molar-refractivity contribution in [1.29, 1.82) is 0 Å². The van der Waals surface area contributed by atoms with Crippen LogP contribution in [0, 0.1) is 5.41 Å². The second kappa shape index (κ2) is 7.76. The Balaban J connectivity index is 1.65. The zero-order valence-electron chi connectivity index (χ0n) is 14.9. The van der Waals surface area contributed by atoms with Crippen molar-refractivity contribution in [2.75, 3.05) is 26.2 Å². The van der Waals surface area contributed by atoms with E-state index in [-0.39, 0.29) is 23.8 Å². The summed E-state index contributed by atoms with van der Waals surface area (Å²) < 4.78 is 0. The van der Waals surface area contributed by atoms with Crippen molar-refractivity contribution in [1.82, 2.24) is 15.1 Å². The number of piperidine rings is 2. The summed E-state index contributed by atoms with van der Waals surface area (Å²) in [6, 6.07) is 9.29. The molecule has 2 fully saturated rings. The van der Waals surface area contributed by atoms with E-state index >= 15 is 0 Å². The largest absolute Gasteiger partial charge is 0.352 e. The maximum atomic E-state index is 12.4. The number of hydrogen-bond acceptors (Lipinski definition) is 3. The van der Waals surface area contributed by atoms with Crippen LogP contribution >= 0.6 is 0 Å². The number of carbonyl (C=O) groups is 3. The van der Waals surface area contributed by atoms with Gasteiger partial charge in [-0.15, -0.1) is 0 Å². The van der Waals surface area contributed by atoms with Crippen LogP contribution in [-0.2, 0) is 16.1 Å². The molecule has 0 aliphatic carbocycles. The number of hydrogen-bond donors (Lipinski definition) is 2. The first-order valence-corrected chi connectivity index (χ1v) is 9.10. The minimum absolute atomic E-state index is 0.0523. The standard InChI is InChI=1S/C19H26N4O3/c20-18(26)21-11-17(25)22-10-4-8-19(13-22)9-7-16(24)23(14-19)12-15-5-2-1-3-6-15/h1-3,5-6H,4,7-14H2,(H3,20,21,26)/t19-/m0/s1. The molecule has 26 heavy (non-hydrogen) atoms. The molecule has 7 heteroatoms. The predicted molar refractivity (Wildman–Crippen MR) is 96.9 cm³/mol. The molecule has 0 radical (unpaired) electrons. The molecule has 1 spiro atoms. The maximum Gasteiger partial charge on any atom is 0.312 e. The van der Waals surface area contributed by atoms with E-state index < -0.39 is 6.03 Å². The number of amides is 4. The van der Waals surface area contributed by atoms with Gasteiger partial charge in [-0.2, -0.15) is 0 Å². The summed E-state index contributed by atoms with van der Waals surface area (Å²) in [5, 5.41) is 2.37. The number of carbonyl (C=O) groups excluding carboxylic acids is 3. The van der Waals surface area contributed by atoms with E-state index in [1.54, 1.807) is 4.90 Å². The topological polar surface area (TPSA) is 95.7 Å². The number of nitrogens with two attached hydrogens (primary N) is 1. The van der Waals surface area contributed by atoms with E-state index in [9.17, 15) is 14.4 Å². The van der Waals surface area contributed by atoms with Gasteiger partial charge in [-0.3, -0.25) is 9.59 Å². The molecule has 3 N–H and O–H groups in total. The van der Waals surface area contributed by atoms with Crippen LogP contribution in [0.15, 0.2) is 30.3 Å². The third-order valence-corrected chi connectivity index (χ3v) is 5.39. The Morgan fingerprint density at radius 3 is 2.65 bits per heavy atom. The Bertz CT molecular complexity index is 679. The molecule has 0 saturated carbocycles. The Labute approximate surface area is 153 Å². The van der Waals surface area contributed by atoms with Gasteiger partial charge in [-0.05, 0) is 24.8 Å². The van der Waals surface area contributed by atoms with Gasteiger partial charge in [0.05, 0.1) is 6.54 Å². The van der Waals surface area contributed by atoms with Gasteiger partial charge in [0.25, 0.3) is 0 Å². The van der Waals surface area contributed by atoms with E-state index in [4.69, 9.17) is 5.73 Å². The molecular formula is C19H26N4O3. The summed E-state index contributed by atoms with van der Waals surface area (Å²) in [6.45, 7) is 2.53. The molecule has 2 aliphatic heterocycles. The fourth-order valence-electron chi connectivity index (χ4n) is 4.08. The van der Waals surface area contributed by atoms with Crippen LogP contribution in [0.3, 0.4) is 0 Å². The number of rotatable bonds is 4. The van der Waals surface area contributed by atoms with E-state index in [1.807, 2.05) is 35.2 Å². The number of primary amides is 1. The van der Waals surface area contributed by atoms with Crippen LogP contribution in [0.4, 0.5) is 4.79 Å². The van der Waals surface area contributed by atoms with Gasteiger partial charge in [0.2, 0.25) is 11.8 Å². The molecule has 3 rings (SSSR count). The van der Waals surface area contributed by atoms with Gasteiger partial charge in [-0.1, -0.05) is 30.3 Å². The second-order valence-corrected chi connectivity index (χ2v) is 7.37. The van der Waals surface area contributed by atoms with Gasteiger partial charge in [0, 0.05) is 38.0 Å². The number of urea groups is 1. The van der Waals surface area contributed by atoms with Gasteiger partial charge < -0.3 is 20.9 Å².